The van der Waals surface area contributed by atoms with Gasteiger partial charge in [0.1, 0.15) is 6.54 Å². The number of nitrogens with zero attached hydrogens (tertiary/aromatic N) is 2. The van der Waals surface area contributed by atoms with E-state index in [-0.39, 0.29) is 0 Å². The van der Waals surface area contributed by atoms with E-state index in [0.29, 0.717) is 0 Å². The lowest BCUT2D eigenvalue weighted by molar-refractivity contribution is -0.555. The van der Waals surface area contributed by atoms with Gasteiger partial charge in [-0.15, -0.1) is 0 Å². The fourth-order valence-corrected chi connectivity index (χ4v) is 4.21. The molecule has 0 saturated carbocycles. The van der Waals surface area contributed by atoms with Gasteiger partial charge in [-0.1, -0.05) is 54.6 Å². The molecule has 0 atom stereocenters. The third-order valence-corrected chi connectivity index (χ3v) is 5.56. The van der Waals surface area contributed by atoms with Crippen LogP contribution in [-0.2, 0) is 13.0 Å². The van der Waals surface area contributed by atoms with Crippen LogP contribution in [0.3, 0.4) is 0 Å². The molecule has 0 spiro atoms. The molecule has 2 nitrogen and oxygen atoms in total. The number of benzene rings is 2. The number of hydrogen-bond donors (Lipinski definition) is 0. The first-order chi connectivity index (χ1) is 12.4. The van der Waals surface area contributed by atoms with Crippen molar-refractivity contribution in [2.24, 2.45) is 0 Å². The van der Waals surface area contributed by atoms with E-state index in [1.54, 1.807) is 5.84 Å². The maximum absolute atomic E-state index is 2.65. The highest BCUT2D eigenvalue weighted by Gasteiger charge is 2.28. The van der Waals surface area contributed by atoms with Crippen molar-refractivity contribution >= 4 is 5.84 Å². The molecule has 2 heterocycles. The minimum absolute atomic E-state index is 1.02. The molecule has 130 valence electrons. The minimum Gasteiger partial charge on any atom is -0.266 e. The SMILES string of the molecule is c1ccc(Cc2ccc(C[N+]3=C4CCCCCN4CCC3)cc2)cc1. The highest BCUT2D eigenvalue weighted by atomic mass is 15.3. The molecule has 0 N–H and O–H groups in total. The van der Waals surface area contributed by atoms with Gasteiger partial charge in [0.25, 0.3) is 0 Å². The summed E-state index contributed by atoms with van der Waals surface area (Å²) in [7, 11) is 0. The minimum atomic E-state index is 1.02. The van der Waals surface area contributed by atoms with Gasteiger partial charge in [0.15, 0.2) is 0 Å². The standard InChI is InChI=1S/C23H29N2/c1-3-8-20(9-4-1)18-21-11-13-22(14-12-21)19-25-17-7-16-24-15-6-2-5-10-23(24)25/h1,3-4,8-9,11-14H,2,5-7,10,15-19H2/q+1. The van der Waals surface area contributed by atoms with E-state index < -0.39 is 0 Å². The lowest BCUT2D eigenvalue weighted by Gasteiger charge is -2.26. The van der Waals surface area contributed by atoms with E-state index in [9.17, 15) is 0 Å². The molecule has 2 aromatic carbocycles. The summed E-state index contributed by atoms with van der Waals surface area (Å²) in [5, 5.41) is 0. The van der Waals surface area contributed by atoms with E-state index >= 15 is 0 Å². The smallest absolute Gasteiger partial charge is 0.247 e. The molecule has 0 aliphatic carbocycles. The first kappa shape index (κ1) is 16.4. The summed E-state index contributed by atoms with van der Waals surface area (Å²) >= 11 is 0. The Kier molecular flexibility index (Phi) is 5.15. The van der Waals surface area contributed by atoms with Crippen molar-refractivity contribution in [2.75, 3.05) is 19.6 Å². The Hall–Kier alpha value is -2.09. The van der Waals surface area contributed by atoms with Gasteiger partial charge in [-0.05, 0) is 42.4 Å². The van der Waals surface area contributed by atoms with Crippen molar-refractivity contribution in [1.82, 2.24) is 4.90 Å². The van der Waals surface area contributed by atoms with Crippen LogP contribution in [-0.4, -0.2) is 34.9 Å². The molecule has 0 bridgehead atoms. The summed E-state index contributed by atoms with van der Waals surface area (Å²) in [5.74, 6) is 1.61. The zero-order chi connectivity index (χ0) is 16.9. The topological polar surface area (TPSA) is 6.25 Å². The van der Waals surface area contributed by atoms with Gasteiger partial charge in [0, 0.05) is 12.8 Å². The fraction of sp³-hybridized carbons (Fsp3) is 0.435. The molecule has 1 saturated heterocycles. The van der Waals surface area contributed by atoms with E-state index in [1.807, 2.05) is 0 Å². The zero-order valence-electron chi connectivity index (χ0n) is 15.2. The highest BCUT2D eigenvalue weighted by Crippen LogP contribution is 2.18. The Morgan fingerprint density at radius 1 is 0.720 bits per heavy atom. The van der Waals surface area contributed by atoms with Crippen molar-refractivity contribution in [1.29, 1.82) is 0 Å². The Bertz CT molecular complexity index is 716. The average Bonchev–Trinajstić information content (AvgIpc) is 2.91. The molecule has 4 rings (SSSR count). The van der Waals surface area contributed by atoms with Crippen LogP contribution in [0, 0.1) is 0 Å². The largest absolute Gasteiger partial charge is 0.266 e. The van der Waals surface area contributed by atoms with Gasteiger partial charge < -0.3 is 0 Å². The second-order valence-corrected chi connectivity index (χ2v) is 7.47. The molecule has 0 unspecified atom stereocenters. The van der Waals surface area contributed by atoms with E-state index in [0.717, 1.165) is 13.0 Å². The van der Waals surface area contributed by atoms with E-state index in [2.05, 4.69) is 64.1 Å². The summed E-state index contributed by atoms with van der Waals surface area (Å²) in [4.78, 5) is 2.65. The predicted octanol–water partition coefficient (Wildman–Crippen LogP) is 4.47. The van der Waals surface area contributed by atoms with Crippen LogP contribution in [0.25, 0.3) is 0 Å². The summed E-state index contributed by atoms with van der Waals surface area (Å²) in [6.07, 6.45) is 7.71. The lowest BCUT2D eigenvalue weighted by atomic mass is 10.0. The zero-order valence-corrected chi connectivity index (χ0v) is 15.2. The number of rotatable bonds is 4. The van der Waals surface area contributed by atoms with Gasteiger partial charge in [-0.25, -0.2) is 0 Å². The normalized spacial score (nSPS) is 18.0. The average molecular weight is 333 g/mol. The van der Waals surface area contributed by atoms with Crippen LogP contribution < -0.4 is 0 Å². The highest BCUT2D eigenvalue weighted by molar-refractivity contribution is 5.78. The predicted molar refractivity (Wildman–Crippen MR) is 104 cm³/mol. The molecule has 2 aliphatic heterocycles. The molecule has 2 heteroatoms. The molecule has 1 fully saturated rings. The quantitative estimate of drug-likeness (QED) is 0.748. The maximum atomic E-state index is 2.65. The van der Waals surface area contributed by atoms with Crippen molar-refractivity contribution in [3.05, 3.63) is 71.3 Å². The van der Waals surface area contributed by atoms with Crippen molar-refractivity contribution in [3.63, 3.8) is 0 Å². The monoisotopic (exact) mass is 333 g/mol. The summed E-state index contributed by atoms with van der Waals surface area (Å²) in [6.45, 7) is 4.82. The molecule has 2 aliphatic rings. The van der Waals surface area contributed by atoms with Gasteiger partial charge in [0.2, 0.25) is 5.84 Å². The molecule has 0 aromatic heterocycles. The van der Waals surface area contributed by atoms with Crippen molar-refractivity contribution < 1.29 is 4.58 Å². The van der Waals surface area contributed by atoms with Crippen LogP contribution in [0.5, 0.6) is 0 Å². The maximum Gasteiger partial charge on any atom is 0.247 e. The molecular weight excluding hydrogens is 304 g/mol. The van der Waals surface area contributed by atoms with Gasteiger partial charge >= 0.3 is 0 Å². The molecule has 2 aromatic rings. The Morgan fingerprint density at radius 2 is 1.44 bits per heavy atom. The van der Waals surface area contributed by atoms with Gasteiger partial charge in [-0.2, -0.15) is 0 Å². The first-order valence-corrected chi connectivity index (χ1v) is 9.86. The van der Waals surface area contributed by atoms with Crippen LogP contribution in [0.2, 0.25) is 0 Å². The molecular formula is C23H29N2+. The van der Waals surface area contributed by atoms with Gasteiger partial charge in [-0.3, -0.25) is 9.48 Å². The summed E-state index contributed by atoms with van der Waals surface area (Å²) in [5.41, 5.74) is 4.23. The molecule has 0 amide bonds. The number of fused-ring (bicyclic) bond motifs is 1. The molecule has 0 radical (unpaired) electrons. The lowest BCUT2D eigenvalue weighted by Crippen LogP contribution is -2.43. The summed E-state index contributed by atoms with van der Waals surface area (Å²) in [6, 6.07) is 20.0. The summed E-state index contributed by atoms with van der Waals surface area (Å²) < 4.78 is 2.64. The fourth-order valence-electron chi connectivity index (χ4n) is 4.21. The molecule has 25 heavy (non-hydrogen) atoms. The van der Waals surface area contributed by atoms with Gasteiger partial charge in [0.05, 0.1) is 19.6 Å². The van der Waals surface area contributed by atoms with E-state index in [1.165, 1.54) is 68.4 Å². The second-order valence-electron chi connectivity index (χ2n) is 7.47. The van der Waals surface area contributed by atoms with E-state index in [4.69, 9.17) is 0 Å². The number of hydrogen-bond acceptors (Lipinski definition) is 1. The van der Waals surface area contributed by atoms with Crippen molar-refractivity contribution in [2.45, 2.75) is 45.1 Å². The van der Waals surface area contributed by atoms with Crippen LogP contribution in [0.4, 0.5) is 0 Å². The third-order valence-electron chi connectivity index (χ3n) is 5.56. The Balaban J connectivity index is 1.47. The first-order valence-electron chi connectivity index (χ1n) is 9.86. The van der Waals surface area contributed by atoms with Crippen molar-refractivity contribution in [3.8, 4) is 0 Å². The van der Waals surface area contributed by atoms with Crippen LogP contribution in [0.15, 0.2) is 54.6 Å². The van der Waals surface area contributed by atoms with Crippen LogP contribution in [0.1, 0.15) is 48.8 Å². The Labute approximate surface area is 151 Å². The Morgan fingerprint density at radius 3 is 2.28 bits per heavy atom. The second kappa shape index (κ2) is 7.86. The van der Waals surface area contributed by atoms with Crippen LogP contribution >= 0.6 is 0 Å². The number of amidine groups is 1. The third kappa shape index (κ3) is 4.12.